The van der Waals surface area contributed by atoms with Gasteiger partial charge in [0, 0.05) is 12.8 Å². The summed E-state index contributed by atoms with van der Waals surface area (Å²) >= 11 is 0. The lowest BCUT2D eigenvalue weighted by molar-refractivity contribution is 0.188. The molecule has 0 heterocycles. The highest BCUT2D eigenvalue weighted by atomic mass is 16.5. The molecule has 0 N–H and O–H groups in total. The number of nitrogens with zero attached hydrogens (tertiary/aromatic N) is 1. The summed E-state index contributed by atoms with van der Waals surface area (Å²) in [5.41, 5.74) is 0.817. The fraction of sp³-hybridized carbons (Fsp3) is 0.375. The van der Waals surface area contributed by atoms with E-state index >= 15 is 0 Å². The van der Waals surface area contributed by atoms with E-state index in [0.717, 1.165) is 5.71 Å². The van der Waals surface area contributed by atoms with Crippen LogP contribution in [0, 0.1) is 0 Å². The van der Waals surface area contributed by atoms with Crippen LogP contribution in [0.1, 0.15) is 6.92 Å². The fourth-order valence-corrected chi connectivity index (χ4v) is 0.473. The predicted molar refractivity (Wildman–Crippen MR) is 44.3 cm³/mol. The lowest BCUT2D eigenvalue weighted by Crippen LogP contribution is -2.04. The van der Waals surface area contributed by atoms with E-state index in [4.69, 9.17) is 4.74 Å². The third-order valence-corrected chi connectivity index (χ3v) is 0.947. The molecule has 0 bridgehead atoms. The highest BCUT2D eigenvalue weighted by Crippen LogP contribution is 1.83. The number of hydrogen-bond acceptors (Lipinski definition) is 2. The first-order valence-electron chi connectivity index (χ1n) is 3.22. The lowest BCUT2D eigenvalue weighted by Gasteiger charge is -1.98. The number of aliphatic imine (C=N–C) groups is 1. The summed E-state index contributed by atoms with van der Waals surface area (Å²) in [7, 11) is 0. The van der Waals surface area contributed by atoms with Crippen LogP contribution in [0.5, 0.6) is 0 Å². The van der Waals surface area contributed by atoms with Gasteiger partial charge >= 0.3 is 0 Å². The van der Waals surface area contributed by atoms with Gasteiger partial charge in [-0.05, 0) is 13.0 Å². The molecule has 2 nitrogen and oxygen atoms in total. The average Bonchev–Trinajstić information content (AvgIpc) is 1.98. The van der Waals surface area contributed by atoms with E-state index in [1.54, 1.807) is 6.08 Å². The van der Waals surface area contributed by atoms with Crippen LogP contribution in [-0.2, 0) is 4.74 Å². The van der Waals surface area contributed by atoms with Gasteiger partial charge in [-0.15, -0.1) is 0 Å². The first-order chi connectivity index (χ1) is 4.85. The van der Waals surface area contributed by atoms with Gasteiger partial charge < -0.3 is 4.74 Å². The quantitative estimate of drug-likeness (QED) is 0.532. The summed E-state index contributed by atoms with van der Waals surface area (Å²) in [6.45, 7) is 10.2. The SMILES string of the molecule is C=CN=C(C=C)COCC. The Hall–Kier alpha value is -0.890. The fourth-order valence-electron chi connectivity index (χ4n) is 0.473. The molecule has 0 amide bonds. The van der Waals surface area contributed by atoms with Crippen molar-refractivity contribution in [3.63, 3.8) is 0 Å². The lowest BCUT2D eigenvalue weighted by atomic mass is 10.4. The molecule has 0 atom stereocenters. The molecule has 0 aliphatic rings. The Bertz CT molecular complexity index is 138. The van der Waals surface area contributed by atoms with Crippen LogP contribution in [-0.4, -0.2) is 18.9 Å². The van der Waals surface area contributed by atoms with E-state index in [1.165, 1.54) is 6.20 Å². The standard InChI is InChI=1S/C8H13NO/c1-4-8(9-5-2)7-10-6-3/h4-5H,1-2,6-7H2,3H3. The van der Waals surface area contributed by atoms with Crippen LogP contribution in [0.2, 0.25) is 0 Å². The zero-order valence-electron chi connectivity index (χ0n) is 6.34. The zero-order chi connectivity index (χ0) is 7.82. The van der Waals surface area contributed by atoms with Gasteiger partial charge in [0.05, 0.1) is 12.3 Å². The summed E-state index contributed by atoms with van der Waals surface area (Å²) < 4.78 is 5.09. The van der Waals surface area contributed by atoms with E-state index in [-0.39, 0.29) is 0 Å². The maximum Gasteiger partial charge on any atom is 0.0887 e. The van der Waals surface area contributed by atoms with E-state index in [0.29, 0.717) is 13.2 Å². The van der Waals surface area contributed by atoms with Crippen molar-refractivity contribution in [3.8, 4) is 0 Å². The molecule has 0 aliphatic heterocycles. The second-order valence-corrected chi connectivity index (χ2v) is 1.64. The Balaban J connectivity index is 3.70. The smallest absolute Gasteiger partial charge is 0.0887 e. The van der Waals surface area contributed by atoms with Crippen LogP contribution in [0.4, 0.5) is 0 Å². The Kier molecular flexibility index (Phi) is 5.68. The molecule has 10 heavy (non-hydrogen) atoms. The minimum atomic E-state index is 0.520. The van der Waals surface area contributed by atoms with Gasteiger partial charge in [0.15, 0.2) is 0 Å². The number of hydrogen-bond donors (Lipinski definition) is 0. The molecule has 0 saturated carbocycles. The summed E-state index contributed by atoms with van der Waals surface area (Å²) in [5, 5.41) is 0. The Morgan fingerprint density at radius 3 is 2.70 bits per heavy atom. The molecule has 0 aromatic rings. The van der Waals surface area contributed by atoms with Crippen molar-refractivity contribution in [3.05, 3.63) is 25.4 Å². The van der Waals surface area contributed by atoms with E-state index in [9.17, 15) is 0 Å². The first kappa shape index (κ1) is 9.11. The minimum Gasteiger partial charge on any atom is -0.375 e. The third-order valence-electron chi connectivity index (χ3n) is 0.947. The molecule has 0 saturated heterocycles. The van der Waals surface area contributed by atoms with Crippen LogP contribution >= 0.6 is 0 Å². The van der Waals surface area contributed by atoms with Crippen molar-refractivity contribution >= 4 is 5.71 Å². The highest BCUT2D eigenvalue weighted by Gasteiger charge is 1.89. The van der Waals surface area contributed by atoms with Crippen molar-refractivity contribution in [1.29, 1.82) is 0 Å². The second-order valence-electron chi connectivity index (χ2n) is 1.64. The Morgan fingerprint density at radius 1 is 1.60 bits per heavy atom. The molecule has 2 heteroatoms. The average molecular weight is 139 g/mol. The van der Waals surface area contributed by atoms with E-state index in [2.05, 4.69) is 18.2 Å². The maximum atomic E-state index is 5.09. The summed E-state index contributed by atoms with van der Waals surface area (Å²) in [5.74, 6) is 0. The summed E-state index contributed by atoms with van der Waals surface area (Å²) in [6, 6.07) is 0. The van der Waals surface area contributed by atoms with Crippen molar-refractivity contribution in [2.75, 3.05) is 13.2 Å². The van der Waals surface area contributed by atoms with Gasteiger partial charge in [-0.1, -0.05) is 13.2 Å². The van der Waals surface area contributed by atoms with E-state index < -0.39 is 0 Å². The van der Waals surface area contributed by atoms with Crippen LogP contribution in [0.25, 0.3) is 0 Å². The van der Waals surface area contributed by atoms with Gasteiger partial charge in [-0.3, -0.25) is 4.99 Å². The largest absolute Gasteiger partial charge is 0.375 e. The molecule has 0 aliphatic carbocycles. The normalized spacial score (nSPS) is 11.1. The molecule has 0 spiro atoms. The van der Waals surface area contributed by atoms with E-state index in [1.807, 2.05) is 6.92 Å². The summed E-state index contributed by atoms with van der Waals surface area (Å²) in [6.07, 6.45) is 3.15. The molecular weight excluding hydrogens is 126 g/mol. The maximum absolute atomic E-state index is 5.09. The third kappa shape index (κ3) is 4.04. The predicted octanol–water partition coefficient (Wildman–Crippen LogP) is 1.79. The molecular formula is C8H13NO. The molecule has 0 fully saturated rings. The van der Waals surface area contributed by atoms with Crippen LogP contribution in [0.3, 0.4) is 0 Å². The van der Waals surface area contributed by atoms with Crippen LogP contribution < -0.4 is 0 Å². The summed E-state index contributed by atoms with van der Waals surface area (Å²) in [4.78, 5) is 3.92. The minimum absolute atomic E-state index is 0.520. The van der Waals surface area contributed by atoms with Gasteiger partial charge in [0.1, 0.15) is 0 Å². The van der Waals surface area contributed by atoms with Gasteiger partial charge in [-0.2, -0.15) is 0 Å². The molecule has 0 aromatic heterocycles. The van der Waals surface area contributed by atoms with Gasteiger partial charge in [0.2, 0.25) is 0 Å². The number of ether oxygens (including phenoxy) is 1. The van der Waals surface area contributed by atoms with Crippen molar-refractivity contribution in [1.82, 2.24) is 0 Å². The van der Waals surface area contributed by atoms with Crippen molar-refractivity contribution < 1.29 is 4.74 Å². The van der Waals surface area contributed by atoms with Gasteiger partial charge in [-0.25, -0.2) is 0 Å². The van der Waals surface area contributed by atoms with Crippen molar-refractivity contribution in [2.24, 2.45) is 4.99 Å². The Labute approximate surface area is 61.9 Å². The molecule has 0 unspecified atom stereocenters. The Morgan fingerprint density at radius 2 is 2.30 bits per heavy atom. The topological polar surface area (TPSA) is 21.6 Å². The van der Waals surface area contributed by atoms with Crippen LogP contribution in [0.15, 0.2) is 30.4 Å². The second kappa shape index (κ2) is 6.23. The first-order valence-corrected chi connectivity index (χ1v) is 3.22. The monoisotopic (exact) mass is 139 g/mol. The molecule has 56 valence electrons. The van der Waals surface area contributed by atoms with Gasteiger partial charge in [0.25, 0.3) is 0 Å². The molecule has 0 radical (unpaired) electrons. The number of rotatable bonds is 5. The molecule has 0 rings (SSSR count). The highest BCUT2D eigenvalue weighted by molar-refractivity contribution is 5.95. The zero-order valence-corrected chi connectivity index (χ0v) is 6.34. The van der Waals surface area contributed by atoms with Crippen molar-refractivity contribution in [2.45, 2.75) is 6.92 Å². The molecule has 0 aromatic carbocycles.